The normalized spacial score (nSPS) is 13.3. The van der Waals surface area contributed by atoms with Gasteiger partial charge in [-0.2, -0.15) is 0 Å². The van der Waals surface area contributed by atoms with E-state index in [0.29, 0.717) is 18.0 Å². The number of sulfonamides is 1. The molecule has 1 aliphatic rings. The topological polar surface area (TPSA) is 105 Å². The average molecular weight is 508 g/mol. The Bertz CT molecular complexity index is 1170. The predicted octanol–water partition coefficient (Wildman–Crippen LogP) is 2.65. The highest BCUT2D eigenvalue weighted by atomic mass is 32.2. The van der Waals surface area contributed by atoms with Gasteiger partial charge in [0.05, 0.1) is 11.9 Å². The molecule has 35 heavy (non-hydrogen) atoms. The van der Waals surface area contributed by atoms with Crippen molar-refractivity contribution < 1.29 is 31.9 Å². The van der Waals surface area contributed by atoms with Crippen LogP contribution in [0.15, 0.2) is 42.5 Å². The monoisotopic (exact) mass is 507 g/mol. The van der Waals surface area contributed by atoms with Crippen LogP contribution in [0.4, 0.5) is 10.1 Å². The van der Waals surface area contributed by atoms with Gasteiger partial charge in [-0.05, 0) is 31.5 Å². The predicted molar refractivity (Wildman–Crippen MR) is 129 cm³/mol. The maximum atomic E-state index is 14.4. The van der Waals surface area contributed by atoms with E-state index in [-0.39, 0.29) is 24.6 Å². The fourth-order valence-electron chi connectivity index (χ4n) is 3.58. The lowest BCUT2D eigenvalue weighted by atomic mass is 10.1. The molecule has 2 amide bonds. The van der Waals surface area contributed by atoms with Crippen LogP contribution in [0.5, 0.6) is 11.5 Å². The summed E-state index contributed by atoms with van der Waals surface area (Å²) in [6.07, 6.45) is 2.63. The number of fused-ring (bicyclic) bond motifs is 1. The first-order chi connectivity index (χ1) is 16.6. The summed E-state index contributed by atoms with van der Waals surface area (Å²) in [4.78, 5) is 27.4. The fraction of sp³-hybridized carbons (Fsp3) is 0.417. The average Bonchev–Trinajstić information content (AvgIpc) is 3.28. The Morgan fingerprint density at radius 2 is 1.86 bits per heavy atom. The van der Waals surface area contributed by atoms with Crippen molar-refractivity contribution in [3.8, 4) is 11.5 Å². The highest BCUT2D eigenvalue weighted by Crippen LogP contribution is 2.36. The molecular weight excluding hydrogens is 477 g/mol. The SMILES string of the molecule is CCCCNC(=O)[C@@H](C)N(Cc1ccccc1F)C(=O)CN(c1ccc2c(c1)OCO2)S(C)(=O)=O. The van der Waals surface area contributed by atoms with E-state index < -0.39 is 40.2 Å². The zero-order valence-corrected chi connectivity index (χ0v) is 20.8. The zero-order valence-electron chi connectivity index (χ0n) is 20.0. The summed E-state index contributed by atoms with van der Waals surface area (Å²) in [6, 6.07) is 9.50. The highest BCUT2D eigenvalue weighted by molar-refractivity contribution is 7.92. The third kappa shape index (κ3) is 6.62. The van der Waals surface area contributed by atoms with E-state index in [1.54, 1.807) is 12.1 Å². The molecule has 11 heteroatoms. The Hall–Kier alpha value is -3.34. The van der Waals surface area contributed by atoms with E-state index in [0.717, 1.165) is 23.4 Å². The van der Waals surface area contributed by atoms with Gasteiger partial charge >= 0.3 is 0 Å². The third-order valence-electron chi connectivity index (χ3n) is 5.62. The summed E-state index contributed by atoms with van der Waals surface area (Å²) in [7, 11) is -3.89. The molecule has 0 unspecified atom stereocenters. The lowest BCUT2D eigenvalue weighted by Crippen LogP contribution is -2.51. The van der Waals surface area contributed by atoms with Crippen LogP contribution in [0, 0.1) is 5.82 Å². The van der Waals surface area contributed by atoms with Crippen molar-refractivity contribution in [3.05, 3.63) is 53.8 Å². The molecule has 0 radical (unpaired) electrons. The van der Waals surface area contributed by atoms with Gasteiger partial charge in [-0.25, -0.2) is 12.8 Å². The molecule has 1 aliphatic heterocycles. The molecule has 9 nitrogen and oxygen atoms in total. The summed E-state index contributed by atoms with van der Waals surface area (Å²) in [5, 5.41) is 2.77. The fourth-order valence-corrected chi connectivity index (χ4v) is 4.42. The minimum absolute atomic E-state index is 0.0116. The lowest BCUT2D eigenvalue weighted by Gasteiger charge is -2.31. The summed E-state index contributed by atoms with van der Waals surface area (Å²) in [5.41, 5.74) is 0.416. The van der Waals surface area contributed by atoms with Crippen molar-refractivity contribution in [1.82, 2.24) is 10.2 Å². The van der Waals surface area contributed by atoms with Crippen LogP contribution in [0.25, 0.3) is 0 Å². The smallest absolute Gasteiger partial charge is 0.244 e. The van der Waals surface area contributed by atoms with E-state index in [1.807, 2.05) is 6.92 Å². The Kier molecular flexibility index (Phi) is 8.55. The van der Waals surface area contributed by atoms with Crippen LogP contribution in [0.2, 0.25) is 0 Å². The van der Waals surface area contributed by atoms with E-state index in [1.165, 1.54) is 42.2 Å². The number of nitrogens with one attached hydrogen (secondary N) is 1. The van der Waals surface area contributed by atoms with Crippen LogP contribution in [-0.4, -0.2) is 57.3 Å². The van der Waals surface area contributed by atoms with Crippen LogP contribution in [-0.2, 0) is 26.2 Å². The second kappa shape index (κ2) is 11.4. The number of halogens is 1. The number of carbonyl (C=O) groups excluding carboxylic acids is 2. The van der Waals surface area contributed by atoms with E-state index in [2.05, 4.69) is 5.32 Å². The van der Waals surface area contributed by atoms with Crippen molar-refractivity contribution in [2.24, 2.45) is 0 Å². The van der Waals surface area contributed by atoms with Crippen molar-refractivity contribution in [3.63, 3.8) is 0 Å². The molecule has 3 rings (SSSR count). The summed E-state index contributed by atoms with van der Waals surface area (Å²) in [5.74, 6) is -0.770. The van der Waals surface area contributed by atoms with Gasteiger partial charge in [0.15, 0.2) is 11.5 Å². The van der Waals surface area contributed by atoms with Crippen molar-refractivity contribution in [1.29, 1.82) is 0 Å². The number of nitrogens with zero attached hydrogens (tertiary/aromatic N) is 2. The van der Waals surface area contributed by atoms with E-state index in [9.17, 15) is 22.4 Å². The maximum absolute atomic E-state index is 14.4. The number of unbranched alkanes of at least 4 members (excludes halogenated alkanes) is 1. The molecular formula is C24H30FN3O6S. The van der Waals surface area contributed by atoms with Crippen molar-refractivity contribution in [2.75, 3.05) is 30.4 Å². The van der Waals surface area contributed by atoms with E-state index in [4.69, 9.17) is 9.47 Å². The highest BCUT2D eigenvalue weighted by Gasteiger charge is 2.31. The van der Waals surface area contributed by atoms with Gasteiger partial charge in [-0.3, -0.25) is 13.9 Å². The molecule has 0 spiro atoms. The number of ether oxygens (including phenoxy) is 2. The zero-order chi connectivity index (χ0) is 25.6. The first-order valence-corrected chi connectivity index (χ1v) is 13.1. The summed E-state index contributed by atoms with van der Waals surface area (Å²) in [6.45, 7) is 3.18. The molecule has 1 heterocycles. The summed E-state index contributed by atoms with van der Waals surface area (Å²) < 4.78 is 51.2. The van der Waals surface area contributed by atoms with Gasteiger partial charge in [0.1, 0.15) is 18.4 Å². The minimum atomic E-state index is -3.89. The first-order valence-electron chi connectivity index (χ1n) is 11.3. The molecule has 0 saturated heterocycles. The van der Waals surface area contributed by atoms with Gasteiger partial charge in [-0.1, -0.05) is 31.5 Å². The first kappa shape index (κ1) is 26.3. The molecule has 1 N–H and O–H groups in total. The number of rotatable bonds is 11. The second-order valence-electron chi connectivity index (χ2n) is 8.24. The Morgan fingerprint density at radius 3 is 2.54 bits per heavy atom. The Morgan fingerprint density at radius 1 is 1.14 bits per heavy atom. The van der Waals surface area contributed by atoms with Gasteiger partial charge in [0, 0.05) is 24.7 Å². The van der Waals surface area contributed by atoms with Crippen LogP contribution < -0.4 is 19.1 Å². The minimum Gasteiger partial charge on any atom is -0.454 e. The van der Waals surface area contributed by atoms with E-state index >= 15 is 0 Å². The number of carbonyl (C=O) groups is 2. The number of hydrogen-bond acceptors (Lipinski definition) is 6. The molecule has 190 valence electrons. The molecule has 0 bridgehead atoms. The Labute approximate surface area is 204 Å². The van der Waals surface area contributed by atoms with Gasteiger partial charge in [-0.15, -0.1) is 0 Å². The van der Waals surface area contributed by atoms with Gasteiger partial charge in [0.25, 0.3) is 0 Å². The molecule has 0 saturated carbocycles. The number of hydrogen-bond donors (Lipinski definition) is 1. The molecule has 2 aromatic rings. The third-order valence-corrected chi connectivity index (χ3v) is 6.76. The largest absolute Gasteiger partial charge is 0.454 e. The molecule has 0 aromatic heterocycles. The summed E-state index contributed by atoms with van der Waals surface area (Å²) >= 11 is 0. The lowest BCUT2D eigenvalue weighted by molar-refractivity contribution is -0.139. The van der Waals surface area contributed by atoms with Crippen molar-refractivity contribution >= 4 is 27.5 Å². The van der Waals surface area contributed by atoms with Gasteiger partial charge in [0.2, 0.25) is 28.6 Å². The van der Waals surface area contributed by atoms with Gasteiger partial charge < -0.3 is 19.7 Å². The Balaban J connectivity index is 1.89. The standard InChI is InChI=1S/C24H30FN3O6S/c1-4-5-12-26-24(30)17(2)27(14-18-8-6-7-9-20(18)25)23(29)15-28(35(3,31)32)19-10-11-21-22(13-19)34-16-33-21/h6-11,13,17H,4-5,12,14-16H2,1-3H3,(H,26,30)/t17-/m1/s1. The van der Waals surface area contributed by atoms with Crippen LogP contribution in [0.1, 0.15) is 32.3 Å². The molecule has 2 aromatic carbocycles. The molecule has 1 atom stereocenters. The van der Waals surface area contributed by atoms with Crippen LogP contribution >= 0.6 is 0 Å². The number of benzene rings is 2. The second-order valence-corrected chi connectivity index (χ2v) is 10.1. The number of amides is 2. The number of anilines is 1. The molecule has 0 aliphatic carbocycles. The quantitative estimate of drug-likeness (QED) is 0.469. The molecule has 0 fully saturated rings. The van der Waals surface area contributed by atoms with Crippen LogP contribution in [0.3, 0.4) is 0 Å². The maximum Gasteiger partial charge on any atom is 0.244 e. The van der Waals surface area contributed by atoms with Crippen molar-refractivity contribution in [2.45, 2.75) is 39.3 Å².